The first-order chi connectivity index (χ1) is 25.5. The van der Waals surface area contributed by atoms with Gasteiger partial charge < -0.3 is 15.4 Å². The zero-order valence-electron chi connectivity index (χ0n) is 29.7. The van der Waals surface area contributed by atoms with Crippen molar-refractivity contribution in [1.82, 2.24) is 29.3 Å². The van der Waals surface area contributed by atoms with E-state index < -0.39 is 46.0 Å². The Bertz CT molecular complexity index is 1990. The summed E-state index contributed by atoms with van der Waals surface area (Å²) in [7, 11) is -1.40. The minimum atomic E-state index is -4.59. The van der Waals surface area contributed by atoms with Crippen molar-refractivity contribution < 1.29 is 40.7 Å². The van der Waals surface area contributed by atoms with Crippen molar-refractivity contribution >= 4 is 45.4 Å². The van der Waals surface area contributed by atoms with Gasteiger partial charge in [-0.05, 0) is 80.0 Å². The van der Waals surface area contributed by atoms with E-state index in [1.54, 1.807) is 36.4 Å². The lowest BCUT2D eigenvalue weighted by Gasteiger charge is -2.21. The number of rotatable bonds is 18. The van der Waals surface area contributed by atoms with Crippen molar-refractivity contribution in [3.8, 4) is 6.01 Å². The van der Waals surface area contributed by atoms with E-state index in [4.69, 9.17) is 16.3 Å². The average Bonchev–Trinajstić information content (AvgIpc) is 3.98. The molecule has 3 N–H and O–H groups in total. The zero-order valence-corrected chi connectivity index (χ0v) is 31.3. The van der Waals surface area contributed by atoms with Crippen molar-refractivity contribution in [3.05, 3.63) is 76.1 Å². The maximum atomic E-state index is 13.0. The van der Waals surface area contributed by atoms with Gasteiger partial charge in [0.25, 0.3) is 5.91 Å². The number of aromatic nitrogens is 3. The van der Waals surface area contributed by atoms with E-state index in [0.29, 0.717) is 35.4 Å². The molecule has 3 aliphatic rings. The number of carbonyl (C=O) groups is 3. The number of unbranched alkanes of at least 4 members (excludes halogenated alkanes) is 1. The van der Waals surface area contributed by atoms with Crippen LogP contribution in [0.15, 0.2) is 48.5 Å². The summed E-state index contributed by atoms with van der Waals surface area (Å²) in [6.07, 6.45) is 0.315. The van der Waals surface area contributed by atoms with Crippen LogP contribution in [-0.2, 0) is 31.8 Å². The van der Waals surface area contributed by atoms with E-state index >= 15 is 0 Å². The topological polar surface area (TPSA) is 173 Å². The number of amides is 2. The summed E-state index contributed by atoms with van der Waals surface area (Å²) in [5.41, 5.74) is 0.331. The lowest BCUT2D eigenvalue weighted by Crippen LogP contribution is -2.53. The van der Waals surface area contributed by atoms with Gasteiger partial charge in [-0.25, -0.2) is 4.72 Å². The number of anilines is 1. The third kappa shape index (κ3) is 9.84. The number of ketones is 1. The highest BCUT2D eigenvalue weighted by molar-refractivity contribution is 7.87. The van der Waals surface area contributed by atoms with Gasteiger partial charge >= 0.3 is 22.4 Å². The van der Waals surface area contributed by atoms with Gasteiger partial charge in [0.1, 0.15) is 11.4 Å². The molecule has 0 bridgehead atoms. The Hall–Kier alpha value is -4.35. The summed E-state index contributed by atoms with van der Waals surface area (Å²) in [6, 6.07) is 13.5. The molecule has 0 aliphatic heterocycles. The first-order valence-corrected chi connectivity index (χ1v) is 19.5. The fraction of sp³-hybridized carbons (Fsp3) is 0.500. The summed E-state index contributed by atoms with van der Waals surface area (Å²) >= 11 is 6.04. The number of hydrogen-bond acceptors (Lipinski definition) is 10. The van der Waals surface area contributed by atoms with Crippen molar-refractivity contribution in [2.45, 2.75) is 81.5 Å². The molecule has 3 fully saturated rings. The number of nitrogens with one attached hydrogen (secondary N) is 3. The third-order valence-electron chi connectivity index (χ3n) is 9.90. The highest BCUT2D eigenvalue weighted by atomic mass is 35.5. The molecule has 2 atom stereocenters. The molecule has 0 saturated heterocycles. The van der Waals surface area contributed by atoms with E-state index in [1.165, 1.54) is 14.1 Å². The van der Waals surface area contributed by atoms with Crippen LogP contribution in [0, 0.1) is 11.8 Å². The number of benzene rings is 2. The Kier molecular flexibility index (Phi) is 11.2. The molecule has 54 heavy (non-hydrogen) atoms. The van der Waals surface area contributed by atoms with Gasteiger partial charge in [-0.15, -0.1) is 0 Å². The van der Waals surface area contributed by atoms with Crippen LogP contribution < -0.4 is 20.1 Å². The molecular weight excluding hydrogens is 751 g/mol. The number of carbonyl (C=O) groups excluding carboxylic acids is 3. The number of Topliss-reactive ketones (excluding diaryl/α,β-unsaturated/α-hetero) is 1. The fourth-order valence-corrected chi connectivity index (χ4v) is 7.20. The Labute approximate surface area is 316 Å². The summed E-state index contributed by atoms with van der Waals surface area (Å²) in [5.74, 6) is -0.843. The highest BCUT2D eigenvalue weighted by Gasteiger charge is 2.66. The molecule has 1 heterocycles. The van der Waals surface area contributed by atoms with Gasteiger partial charge in [-0.2, -0.15) is 40.8 Å². The molecule has 3 aromatic rings. The SMILES string of the molecule is CN(C)S(=O)(=O)NC(=O)[C@@]1(NC(=O)CCCCC(=O)c2ccc(Cc3nc(NC4(c5ccc(Cl)cc5)CC4)nc(OCC(F)(F)F)n3)cc2)C[C@H]1C1CC1. The number of hydrogen-bond donors (Lipinski definition) is 3. The number of nitrogens with zero attached hydrogens (tertiary/aromatic N) is 4. The van der Waals surface area contributed by atoms with Crippen LogP contribution >= 0.6 is 11.6 Å². The predicted octanol–water partition coefficient (Wildman–Crippen LogP) is 5.11. The normalized spacial score (nSPS) is 20.2. The second kappa shape index (κ2) is 15.4. The molecule has 0 spiro atoms. The van der Waals surface area contributed by atoms with Crippen LogP contribution in [0.5, 0.6) is 6.01 Å². The second-order valence-corrected chi connectivity index (χ2v) is 16.7. The Morgan fingerprint density at radius 3 is 2.24 bits per heavy atom. The molecule has 18 heteroatoms. The molecule has 0 radical (unpaired) electrons. The maximum Gasteiger partial charge on any atom is 0.422 e. The van der Waals surface area contributed by atoms with Crippen molar-refractivity contribution in [2.24, 2.45) is 11.8 Å². The second-order valence-electron chi connectivity index (χ2n) is 14.4. The van der Waals surface area contributed by atoms with E-state index in [2.05, 4.69) is 30.3 Å². The van der Waals surface area contributed by atoms with Gasteiger partial charge in [-0.3, -0.25) is 14.4 Å². The minimum Gasteiger partial charge on any atom is -0.454 e. The zero-order chi connectivity index (χ0) is 38.9. The summed E-state index contributed by atoms with van der Waals surface area (Å²) in [6.45, 7) is -1.57. The van der Waals surface area contributed by atoms with E-state index in [-0.39, 0.29) is 54.6 Å². The van der Waals surface area contributed by atoms with Crippen LogP contribution in [0.2, 0.25) is 5.02 Å². The maximum absolute atomic E-state index is 13.0. The molecule has 0 unspecified atom stereocenters. The monoisotopic (exact) mass is 791 g/mol. The summed E-state index contributed by atoms with van der Waals surface area (Å²) in [4.78, 5) is 51.5. The van der Waals surface area contributed by atoms with E-state index in [1.807, 2.05) is 12.1 Å². The number of ether oxygens (including phenoxy) is 1. The standard InChI is InChI=1S/C36H41ClF3N7O6S/c1-47(2)54(51,52)46-31(50)35(20-27(35)23-11-12-23)44-30(49)6-4-3-5-28(48)24-9-7-22(8-10-24)19-29-41-32(43-33(42-29)53-21-36(38,39)40)45-34(17-18-34)25-13-15-26(37)16-14-25/h7-10,13-16,23,27H,3-6,11-12,17-21H2,1-2H3,(H,44,49)(H,46,50)(H,41,42,43,45)/t27-,35+/m0/s1. The van der Waals surface area contributed by atoms with Gasteiger partial charge in [-0.1, -0.05) is 48.0 Å². The number of alkyl halides is 3. The fourth-order valence-electron chi connectivity index (χ4n) is 6.47. The van der Waals surface area contributed by atoms with Crippen molar-refractivity contribution in [3.63, 3.8) is 0 Å². The van der Waals surface area contributed by atoms with Crippen LogP contribution in [0.1, 0.15) is 85.1 Å². The predicted molar refractivity (Wildman–Crippen MR) is 192 cm³/mol. The summed E-state index contributed by atoms with van der Waals surface area (Å²) in [5, 5.41) is 6.61. The molecule has 6 rings (SSSR count). The largest absolute Gasteiger partial charge is 0.454 e. The number of halogens is 4. The molecular formula is C36H41ClF3N7O6S. The van der Waals surface area contributed by atoms with Crippen LogP contribution in [0.3, 0.4) is 0 Å². The average molecular weight is 792 g/mol. The molecule has 290 valence electrons. The Morgan fingerprint density at radius 1 is 0.963 bits per heavy atom. The van der Waals surface area contributed by atoms with E-state index in [9.17, 15) is 36.0 Å². The quantitative estimate of drug-likeness (QED) is 0.116. The molecule has 13 nitrogen and oxygen atoms in total. The van der Waals surface area contributed by atoms with Crippen LogP contribution in [0.4, 0.5) is 19.1 Å². The third-order valence-corrected chi connectivity index (χ3v) is 11.6. The van der Waals surface area contributed by atoms with Crippen molar-refractivity contribution in [2.75, 3.05) is 26.0 Å². The Morgan fingerprint density at radius 2 is 1.63 bits per heavy atom. The first-order valence-electron chi connectivity index (χ1n) is 17.6. The van der Waals surface area contributed by atoms with Crippen LogP contribution in [0.25, 0.3) is 0 Å². The Balaban J connectivity index is 1.02. The lowest BCUT2D eigenvalue weighted by atomic mass is 10.0. The van der Waals surface area contributed by atoms with Crippen molar-refractivity contribution in [1.29, 1.82) is 0 Å². The molecule has 2 amide bonds. The van der Waals surface area contributed by atoms with Crippen LogP contribution in [-0.4, -0.2) is 77.7 Å². The lowest BCUT2D eigenvalue weighted by molar-refractivity contribution is -0.154. The molecule has 1 aromatic heterocycles. The summed E-state index contributed by atoms with van der Waals surface area (Å²) < 4.78 is 71.2. The first kappa shape index (κ1) is 39.3. The van der Waals surface area contributed by atoms with Gasteiger partial charge in [0, 0.05) is 43.9 Å². The van der Waals surface area contributed by atoms with Gasteiger partial charge in [0.15, 0.2) is 12.4 Å². The smallest absolute Gasteiger partial charge is 0.422 e. The molecule has 3 aliphatic carbocycles. The minimum absolute atomic E-state index is 0.0668. The molecule has 3 saturated carbocycles. The van der Waals surface area contributed by atoms with Gasteiger partial charge in [0.05, 0.1) is 5.54 Å². The molecule has 2 aromatic carbocycles. The highest BCUT2D eigenvalue weighted by Crippen LogP contribution is 2.57. The van der Waals surface area contributed by atoms with Gasteiger partial charge in [0.2, 0.25) is 11.9 Å². The van der Waals surface area contributed by atoms with E-state index in [0.717, 1.165) is 35.6 Å².